The van der Waals surface area contributed by atoms with Gasteiger partial charge in [-0.15, -0.1) is 0 Å². The van der Waals surface area contributed by atoms with Gasteiger partial charge in [-0.2, -0.15) is 0 Å². The van der Waals surface area contributed by atoms with Gasteiger partial charge in [0.2, 0.25) is 0 Å². The summed E-state index contributed by atoms with van der Waals surface area (Å²) < 4.78 is 13.7. The number of carbonyl (C=O) groups excluding carboxylic acids is 1. The Hall–Kier alpha value is -5.94. The van der Waals surface area contributed by atoms with E-state index in [4.69, 9.17) is 8.83 Å². The molecule has 0 N–H and O–H groups in total. The summed E-state index contributed by atoms with van der Waals surface area (Å²) in [5.41, 5.74) is 16.1. The van der Waals surface area contributed by atoms with E-state index in [-0.39, 0.29) is 19.5 Å². The van der Waals surface area contributed by atoms with Crippen LogP contribution < -0.4 is 43.0 Å². The minimum absolute atomic E-state index is 0.126. The predicted molar refractivity (Wildman–Crippen MR) is 207 cm³/mol. The maximum atomic E-state index is 15.7. The predicted octanol–water partition coefficient (Wildman–Crippen LogP) is 6.63. The second-order valence-electron chi connectivity index (χ2n) is 14.2. The number of aryl methyl sites for hydroxylation is 4. The highest BCUT2D eigenvalue weighted by atomic mass is 16.3. The van der Waals surface area contributed by atoms with Gasteiger partial charge in [-0.3, -0.25) is 9.80 Å². The molecule has 0 fully saturated rings. The molecule has 2 amide bonds. The van der Waals surface area contributed by atoms with E-state index in [2.05, 4.69) is 100 Å². The number of anilines is 4. The first kappa shape index (κ1) is 28.0. The first-order valence-corrected chi connectivity index (χ1v) is 17.3. The van der Waals surface area contributed by atoms with Gasteiger partial charge >= 0.3 is 6.03 Å². The largest absolute Gasteiger partial charge is 0.468 e. The van der Waals surface area contributed by atoms with Crippen molar-refractivity contribution in [2.45, 2.75) is 27.7 Å². The molecule has 0 bridgehead atoms. The van der Waals surface area contributed by atoms with Crippen LogP contribution in [0.25, 0.3) is 32.7 Å². The third-order valence-electron chi connectivity index (χ3n) is 11.5. The molecule has 236 valence electrons. The summed E-state index contributed by atoms with van der Waals surface area (Å²) in [6, 6.07) is 37.9. The van der Waals surface area contributed by atoms with Gasteiger partial charge in [0, 0.05) is 16.2 Å². The highest BCUT2D eigenvalue weighted by molar-refractivity contribution is 7.00. The van der Waals surface area contributed by atoms with Crippen LogP contribution >= 0.6 is 0 Å². The Kier molecular flexibility index (Phi) is 5.37. The number of furan rings is 2. The molecule has 0 spiro atoms. The zero-order valence-corrected chi connectivity index (χ0v) is 28.2. The van der Waals surface area contributed by atoms with Crippen molar-refractivity contribution in [1.82, 2.24) is 0 Å². The summed E-state index contributed by atoms with van der Waals surface area (Å²) in [4.78, 5) is 19.6. The monoisotopic (exact) mass is 644 g/mol. The number of benzene rings is 6. The molecule has 0 radical (unpaired) electrons. The average molecular weight is 644 g/mol. The molecule has 8 aromatic rings. The number of carbonyl (C=O) groups is 1. The van der Waals surface area contributed by atoms with Gasteiger partial charge in [0.1, 0.15) is 11.2 Å². The van der Waals surface area contributed by atoms with Gasteiger partial charge in [0.05, 0.1) is 34.1 Å². The van der Waals surface area contributed by atoms with Crippen LogP contribution in [-0.2, 0) is 0 Å². The number of hydrogen-bond acceptors (Lipinski definition) is 3. The van der Waals surface area contributed by atoms with Gasteiger partial charge in [-0.25, -0.2) is 4.79 Å². The summed E-state index contributed by atoms with van der Waals surface area (Å²) in [6.07, 6.45) is 0. The molecular weight excluding hydrogens is 614 g/mol. The second-order valence-corrected chi connectivity index (χ2v) is 14.2. The highest BCUT2D eigenvalue weighted by Gasteiger charge is 2.52. The van der Waals surface area contributed by atoms with Crippen molar-refractivity contribution in [3.63, 3.8) is 0 Å². The summed E-state index contributed by atoms with van der Waals surface area (Å²) in [7, 11) is 0. The summed E-state index contributed by atoms with van der Waals surface area (Å²) in [5.74, 6) is 0. The Morgan fingerprint density at radius 3 is 1.34 bits per heavy atom. The van der Waals surface area contributed by atoms with Crippen LogP contribution in [0.15, 0.2) is 118 Å². The van der Waals surface area contributed by atoms with Gasteiger partial charge < -0.3 is 8.83 Å². The molecule has 0 aliphatic carbocycles. The van der Waals surface area contributed by atoms with E-state index < -0.39 is 0 Å². The number of fused-ring (bicyclic) bond motifs is 8. The topological polar surface area (TPSA) is 49.8 Å². The molecule has 0 atom stereocenters. The normalized spacial score (nSPS) is 14.3. The van der Waals surface area contributed by atoms with E-state index in [0.717, 1.165) is 77.7 Å². The van der Waals surface area contributed by atoms with Crippen molar-refractivity contribution in [1.29, 1.82) is 0 Å². The van der Waals surface area contributed by atoms with E-state index >= 15 is 4.79 Å². The third-order valence-corrected chi connectivity index (χ3v) is 11.5. The molecule has 6 aromatic carbocycles. The Bertz CT molecular complexity index is 2600. The van der Waals surface area contributed by atoms with E-state index in [0.29, 0.717) is 0 Å². The smallest absolute Gasteiger partial charge is 0.338 e. The Morgan fingerprint density at radius 2 is 0.900 bits per heavy atom. The average Bonchev–Trinajstić information content (AvgIpc) is 3.69. The maximum Gasteiger partial charge on any atom is 0.338 e. The molecular formula is C43H30B2N2O3. The zero-order valence-electron chi connectivity index (χ0n) is 28.2. The van der Waals surface area contributed by atoms with E-state index in [9.17, 15) is 0 Å². The lowest BCUT2D eigenvalue weighted by atomic mass is 9.35. The number of hydrogen-bond donors (Lipinski definition) is 0. The highest BCUT2D eigenvalue weighted by Crippen LogP contribution is 2.50. The Labute approximate surface area is 289 Å². The lowest BCUT2D eigenvalue weighted by Gasteiger charge is -2.44. The first-order chi connectivity index (χ1) is 24.4. The van der Waals surface area contributed by atoms with Crippen LogP contribution in [0.4, 0.5) is 27.5 Å². The summed E-state index contributed by atoms with van der Waals surface area (Å²) in [5, 5.41) is 4.03. The molecule has 3 aliphatic rings. The SMILES string of the molecule is Cc1cccc(C)c1B1c2ccc3ccc4c5c3c2N(C(=O)N5c2c(oc3ccccc23)B4c2c(C)cccc2C)c2c1oc1ccccc21. The number of para-hydroxylation sites is 2. The van der Waals surface area contributed by atoms with Crippen molar-refractivity contribution in [3.8, 4) is 0 Å². The maximum absolute atomic E-state index is 15.7. The lowest BCUT2D eigenvalue weighted by Crippen LogP contribution is -2.64. The van der Waals surface area contributed by atoms with Gasteiger partial charge in [-0.05, 0) is 68.3 Å². The molecule has 5 heterocycles. The second kappa shape index (κ2) is 9.60. The molecule has 11 rings (SSSR count). The number of urea groups is 1. The van der Waals surface area contributed by atoms with Gasteiger partial charge in [0.25, 0.3) is 13.4 Å². The van der Waals surface area contributed by atoms with Crippen molar-refractivity contribution in [3.05, 3.63) is 131 Å². The Balaban J connectivity index is 1.33. The van der Waals surface area contributed by atoms with Crippen LogP contribution in [0.2, 0.25) is 0 Å². The fourth-order valence-corrected chi connectivity index (χ4v) is 9.44. The minimum Gasteiger partial charge on any atom is -0.468 e. The fraction of sp³-hybridized carbons (Fsp3) is 0.0930. The third kappa shape index (κ3) is 3.32. The fourth-order valence-electron chi connectivity index (χ4n) is 9.44. The van der Waals surface area contributed by atoms with Crippen LogP contribution in [0, 0.1) is 27.7 Å². The number of nitrogens with zero attached hydrogens (tertiary/aromatic N) is 2. The molecule has 7 heteroatoms. The molecule has 3 aliphatic heterocycles. The van der Waals surface area contributed by atoms with Crippen molar-refractivity contribution < 1.29 is 13.6 Å². The van der Waals surface area contributed by atoms with Crippen LogP contribution in [0.1, 0.15) is 22.3 Å². The molecule has 0 saturated carbocycles. The minimum atomic E-state index is -0.187. The van der Waals surface area contributed by atoms with Gasteiger partial charge in [-0.1, -0.05) is 118 Å². The first-order valence-electron chi connectivity index (χ1n) is 17.3. The number of amides is 2. The van der Waals surface area contributed by atoms with E-state index in [1.807, 2.05) is 46.2 Å². The van der Waals surface area contributed by atoms with Crippen LogP contribution in [0.5, 0.6) is 0 Å². The number of rotatable bonds is 2. The molecule has 2 aromatic heterocycles. The lowest BCUT2D eigenvalue weighted by molar-refractivity contribution is 0.255. The van der Waals surface area contributed by atoms with Crippen LogP contribution in [-0.4, -0.2) is 19.5 Å². The van der Waals surface area contributed by atoms with E-state index in [1.165, 1.54) is 33.2 Å². The quantitative estimate of drug-likeness (QED) is 0.199. The van der Waals surface area contributed by atoms with Gasteiger partial charge in [0.15, 0.2) is 0 Å². The van der Waals surface area contributed by atoms with Crippen molar-refractivity contribution >= 4 is 108 Å². The van der Waals surface area contributed by atoms with Crippen molar-refractivity contribution in [2.75, 3.05) is 9.80 Å². The summed E-state index contributed by atoms with van der Waals surface area (Å²) in [6.45, 7) is 8.34. The summed E-state index contributed by atoms with van der Waals surface area (Å²) >= 11 is 0. The standard InChI is InChI=1S/C43H30B2N2O3/c1-23-11-9-12-24(2)35(23)44-30-21-19-27-20-22-31-40-34(27)39(30)46(37-28-15-5-7-17-32(28)49-41(37)44)43(48)47(40)38-29-16-6-8-18-33(29)50-42(38)45(31)36-25(3)13-10-14-26(36)4/h5-22H,1-4H3. The van der Waals surface area contributed by atoms with Crippen molar-refractivity contribution in [2.24, 2.45) is 0 Å². The van der Waals surface area contributed by atoms with E-state index in [1.54, 1.807) is 0 Å². The molecule has 0 unspecified atom stereocenters. The molecule has 5 nitrogen and oxygen atoms in total. The zero-order chi connectivity index (χ0) is 33.6. The molecule has 0 saturated heterocycles. The Morgan fingerprint density at radius 1 is 0.480 bits per heavy atom. The molecule has 50 heavy (non-hydrogen) atoms. The van der Waals surface area contributed by atoms with Crippen LogP contribution in [0.3, 0.4) is 0 Å².